The smallest absolute Gasteiger partial charge is 0.289 e. The minimum absolute atomic E-state index is 0.0916. The lowest BCUT2D eigenvalue weighted by molar-refractivity contribution is -0.895. The van der Waals surface area contributed by atoms with E-state index in [2.05, 4.69) is 5.32 Å². The number of hydrogen-bond donors (Lipinski definition) is 2. The summed E-state index contributed by atoms with van der Waals surface area (Å²) in [6.07, 6.45) is 0. The Morgan fingerprint density at radius 2 is 1.90 bits per heavy atom. The predicted octanol–water partition coefficient (Wildman–Crippen LogP) is 0.915. The molecule has 2 aromatic carbocycles. The molecule has 0 spiro atoms. The highest BCUT2D eigenvalue weighted by atomic mass is 35.5. The van der Waals surface area contributed by atoms with Crippen LogP contribution in [0.15, 0.2) is 47.4 Å². The Balaban J connectivity index is 1.60. The molecule has 2 N–H and O–H groups in total. The van der Waals surface area contributed by atoms with Crippen molar-refractivity contribution in [3.8, 4) is 0 Å². The molecule has 30 heavy (non-hydrogen) atoms. The summed E-state index contributed by atoms with van der Waals surface area (Å²) in [4.78, 5) is 23.2. The minimum Gasteiger partial charge on any atom is -0.325 e. The first-order valence-electron chi connectivity index (χ1n) is 9.00. The van der Waals surface area contributed by atoms with E-state index < -0.39 is 26.5 Å². The summed E-state index contributed by atoms with van der Waals surface area (Å²) in [6.45, 7) is 1.06. The van der Waals surface area contributed by atoms with Crippen LogP contribution in [0.2, 0.25) is 5.02 Å². The summed E-state index contributed by atoms with van der Waals surface area (Å²) in [5.74, 6) is -0.904. The lowest BCUT2D eigenvalue weighted by Gasteiger charge is -2.31. The van der Waals surface area contributed by atoms with E-state index in [1.807, 2.05) is 0 Å². The molecule has 1 amide bonds. The van der Waals surface area contributed by atoms with Gasteiger partial charge in [0.2, 0.25) is 10.0 Å². The van der Waals surface area contributed by atoms with Gasteiger partial charge < -0.3 is 10.2 Å². The number of halogens is 2. The molecule has 0 atom stereocenters. The molecule has 0 radical (unpaired) electrons. The number of carbonyl (C=O) groups excluding carboxylic acids is 1. The summed E-state index contributed by atoms with van der Waals surface area (Å²) in [7, 11) is -4.02. The van der Waals surface area contributed by atoms with Crippen molar-refractivity contribution in [2.45, 2.75) is 4.90 Å². The Labute approximate surface area is 177 Å². The van der Waals surface area contributed by atoms with E-state index in [9.17, 15) is 27.7 Å². The predicted molar refractivity (Wildman–Crippen MR) is 107 cm³/mol. The van der Waals surface area contributed by atoms with Crippen LogP contribution in [0.1, 0.15) is 0 Å². The monoisotopic (exact) mass is 457 g/mol. The molecule has 1 aliphatic heterocycles. The molecule has 0 bridgehead atoms. The van der Waals surface area contributed by atoms with Gasteiger partial charge in [0.25, 0.3) is 11.6 Å². The van der Waals surface area contributed by atoms with Crippen molar-refractivity contribution in [2.75, 3.05) is 38.0 Å². The molecule has 12 heteroatoms. The van der Waals surface area contributed by atoms with Crippen molar-refractivity contribution in [1.82, 2.24) is 4.31 Å². The second-order valence-electron chi connectivity index (χ2n) is 6.73. The lowest BCUT2D eigenvalue weighted by Crippen LogP contribution is -3.15. The fourth-order valence-corrected chi connectivity index (χ4v) is 4.97. The third kappa shape index (κ3) is 4.93. The number of quaternary nitrogens is 1. The largest absolute Gasteiger partial charge is 0.325 e. The number of piperazine rings is 1. The number of rotatable bonds is 6. The molecule has 9 nitrogen and oxygen atoms in total. The molecular formula is C18H19ClFN4O5S+. The topological polar surface area (TPSA) is 114 Å². The summed E-state index contributed by atoms with van der Waals surface area (Å²) in [5, 5.41) is 13.7. The maximum absolute atomic E-state index is 13.2. The highest BCUT2D eigenvalue weighted by Gasteiger charge is 2.35. The van der Waals surface area contributed by atoms with Crippen molar-refractivity contribution in [2.24, 2.45) is 0 Å². The molecule has 3 rings (SSSR count). The standard InChI is InChI=1S/C18H18ClFN4O5S/c19-14-11-13(5-6-15(14)20)21-18(25)12-22-7-9-23(10-8-22)30(28,29)17-4-2-1-3-16(17)24(26)27/h1-6,11H,7-10,12H2,(H,21,25)/p+1. The first-order valence-corrected chi connectivity index (χ1v) is 10.8. The third-order valence-corrected chi connectivity index (χ3v) is 6.96. The quantitative estimate of drug-likeness (QED) is 0.494. The van der Waals surface area contributed by atoms with Crippen LogP contribution in [-0.4, -0.2) is 56.3 Å². The average Bonchev–Trinajstić information content (AvgIpc) is 2.71. The van der Waals surface area contributed by atoms with E-state index in [4.69, 9.17) is 11.6 Å². The Morgan fingerprint density at radius 1 is 1.23 bits per heavy atom. The van der Waals surface area contributed by atoms with E-state index >= 15 is 0 Å². The Morgan fingerprint density at radius 3 is 2.53 bits per heavy atom. The number of nitrogens with zero attached hydrogens (tertiary/aromatic N) is 2. The van der Waals surface area contributed by atoms with Crippen LogP contribution < -0.4 is 10.2 Å². The van der Waals surface area contributed by atoms with Crippen molar-refractivity contribution < 1.29 is 27.4 Å². The van der Waals surface area contributed by atoms with Crippen LogP contribution >= 0.6 is 11.6 Å². The van der Waals surface area contributed by atoms with E-state index in [0.717, 1.165) is 17.0 Å². The van der Waals surface area contributed by atoms with Gasteiger partial charge in [0, 0.05) is 11.8 Å². The van der Waals surface area contributed by atoms with Crippen molar-refractivity contribution in [1.29, 1.82) is 0 Å². The molecule has 0 unspecified atom stereocenters. The molecule has 1 aliphatic rings. The van der Waals surface area contributed by atoms with Crippen LogP contribution in [0, 0.1) is 15.9 Å². The maximum atomic E-state index is 13.2. The number of sulfonamides is 1. The molecule has 0 saturated carbocycles. The highest BCUT2D eigenvalue weighted by Crippen LogP contribution is 2.26. The zero-order valence-corrected chi connectivity index (χ0v) is 17.2. The number of carbonyl (C=O) groups is 1. The SMILES string of the molecule is O=C(C[NH+]1CCN(S(=O)(=O)c2ccccc2[N+](=O)[O-])CC1)Nc1ccc(F)c(Cl)c1. The van der Waals surface area contributed by atoms with Gasteiger partial charge >= 0.3 is 0 Å². The maximum Gasteiger partial charge on any atom is 0.289 e. The summed E-state index contributed by atoms with van der Waals surface area (Å²) in [6, 6.07) is 9.07. The summed E-state index contributed by atoms with van der Waals surface area (Å²) in [5.41, 5.74) is -0.104. The van der Waals surface area contributed by atoms with Gasteiger partial charge in [-0.05, 0) is 24.3 Å². The van der Waals surface area contributed by atoms with Crippen LogP contribution in [0.3, 0.4) is 0 Å². The van der Waals surface area contributed by atoms with Gasteiger partial charge in [-0.3, -0.25) is 14.9 Å². The Kier molecular flexibility index (Phi) is 6.66. The second-order valence-corrected chi connectivity index (χ2v) is 9.05. The summed E-state index contributed by atoms with van der Waals surface area (Å²) < 4.78 is 40.0. The molecular weight excluding hydrogens is 439 g/mol. The fraction of sp³-hybridized carbons (Fsp3) is 0.278. The van der Waals surface area contributed by atoms with Gasteiger partial charge in [-0.2, -0.15) is 4.31 Å². The molecule has 160 valence electrons. The zero-order valence-electron chi connectivity index (χ0n) is 15.7. The van der Waals surface area contributed by atoms with Crippen LogP contribution in [0.25, 0.3) is 0 Å². The first-order chi connectivity index (χ1) is 14.2. The van der Waals surface area contributed by atoms with Gasteiger partial charge in [-0.25, -0.2) is 12.8 Å². The normalized spacial score (nSPS) is 15.7. The van der Waals surface area contributed by atoms with Gasteiger partial charge in [0.05, 0.1) is 36.1 Å². The van der Waals surface area contributed by atoms with Crippen LogP contribution in [0.4, 0.5) is 15.8 Å². The van der Waals surface area contributed by atoms with Crippen LogP contribution in [-0.2, 0) is 14.8 Å². The molecule has 2 aromatic rings. The van der Waals surface area contributed by atoms with Gasteiger partial charge in [-0.15, -0.1) is 0 Å². The van der Waals surface area contributed by atoms with Gasteiger partial charge in [-0.1, -0.05) is 23.7 Å². The van der Waals surface area contributed by atoms with Gasteiger partial charge in [0.15, 0.2) is 11.4 Å². The van der Waals surface area contributed by atoms with Crippen molar-refractivity contribution >= 4 is 38.9 Å². The highest BCUT2D eigenvalue weighted by molar-refractivity contribution is 7.89. The van der Waals surface area contributed by atoms with E-state index in [-0.39, 0.29) is 35.5 Å². The van der Waals surface area contributed by atoms with E-state index in [1.54, 1.807) is 0 Å². The first kappa shape index (κ1) is 22.1. The fourth-order valence-electron chi connectivity index (χ4n) is 3.19. The molecule has 1 heterocycles. The van der Waals surface area contributed by atoms with E-state index in [0.29, 0.717) is 18.8 Å². The minimum atomic E-state index is -4.02. The van der Waals surface area contributed by atoms with Crippen molar-refractivity contribution in [3.05, 3.63) is 63.4 Å². The lowest BCUT2D eigenvalue weighted by atomic mass is 10.3. The molecule has 1 fully saturated rings. The number of anilines is 1. The number of nitrogens with one attached hydrogen (secondary N) is 2. The van der Waals surface area contributed by atoms with E-state index in [1.165, 1.54) is 34.6 Å². The number of benzene rings is 2. The average molecular weight is 458 g/mol. The number of nitro benzene ring substituents is 1. The number of nitro groups is 1. The van der Waals surface area contributed by atoms with Crippen LogP contribution in [0.5, 0.6) is 0 Å². The Bertz CT molecular complexity index is 1070. The summed E-state index contributed by atoms with van der Waals surface area (Å²) >= 11 is 5.69. The Hall–Kier alpha value is -2.60. The molecule has 0 aromatic heterocycles. The third-order valence-electron chi connectivity index (χ3n) is 4.72. The van der Waals surface area contributed by atoms with Crippen molar-refractivity contribution in [3.63, 3.8) is 0 Å². The number of amides is 1. The molecule has 1 saturated heterocycles. The number of para-hydroxylation sites is 1. The zero-order chi connectivity index (χ0) is 21.9. The van der Waals surface area contributed by atoms with Gasteiger partial charge in [0.1, 0.15) is 5.82 Å². The molecule has 0 aliphatic carbocycles. The number of hydrogen-bond acceptors (Lipinski definition) is 5. The second kappa shape index (κ2) is 9.04.